The lowest BCUT2D eigenvalue weighted by Gasteiger charge is -2.07. The van der Waals surface area contributed by atoms with Crippen LogP contribution in [-0.4, -0.2) is 42.8 Å². The molecule has 0 saturated carbocycles. The number of aryl methyl sites for hydroxylation is 1. The highest BCUT2D eigenvalue weighted by molar-refractivity contribution is 6.04. The van der Waals surface area contributed by atoms with E-state index in [2.05, 4.69) is 20.4 Å². The summed E-state index contributed by atoms with van der Waals surface area (Å²) in [6.07, 6.45) is 3.77. The Morgan fingerprint density at radius 3 is 2.77 bits per heavy atom. The van der Waals surface area contributed by atoms with Gasteiger partial charge >= 0.3 is 6.16 Å². The third-order valence-corrected chi connectivity index (χ3v) is 4.23. The number of anilines is 1. The Balaban J connectivity index is 1.56. The fraction of sp³-hybridized carbons (Fsp3) is 0.150. The second kappa shape index (κ2) is 8.03. The van der Waals surface area contributed by atoms with Gasteiger partial charge in [-0.05, 0) is 6.92 Å². The zero-order valence-electron chi connectivity index (χ0n) is 16.3. The number of rotatable bonds is 5. The molecule has 1 aromatic carbocycles. The van der Waals surface area contributed by atoms with Crippen LogP contribution in [0.5, 0.6) is 5.75 Å². The minimum absolute atomic E-state index is 0.0123. The summed E-state index contributed by atoms with van der Waals surface area (Å²) in [4.78, 5) is 33.2. The van der Waals surface area contributed by atoms with Gasteiger partial charge in [-0.2, -0.15) is 5.10 Å². The quantitative estimate of drug-likeness (QED) is 0.507. The van der Waals surface area contributed by atoms with Gasteiger partial charge in [0, 0.05) is 24.9 Å². The van der Waals surface area contributed by atoms with Crippen molar-refractivity contribution in [3.8, 4) is 17.0 Å². The zero-order valence-corrected chi connectivity index (χ0v) is 16.3. The fourth-order valence-electron chi connectivity index (χ4n) is 2.87. The van der Waals surface area contributed by atoms with Gasteiger partial charge < -0.3 is 14.8 Å². The Hall–Kier alpha value is -4.21. The highest BCUT2D eigenvalue weighted by Gasteiger charge is 2.22. The maximum atomic E-state index is 12.7. The Kier molecular flexibility index (Phi) is 5.12. The van der Waals surface area contributed by atoms with E-state index in [1.807, 2.05) is 36.5 Å². The van der Waals surface area contributed by atoms with Gasteiger partial charge in [0.1, 0.15) is 17.8 Å². The molecule has 0 spiro atoms. The highest BCUT2D eigenvalue weighted by atomic mass is 16.7. The molecule has 4 aromatic rings. The Bertz CT molecular complexity index is 1210. The first-order valence-electron chi connectivity index (χ1n) is 9.13. The molecule has 0 bridgehead atoms. The first kappa shape index (κ1) is 19.1. The minimum atomic E-state index is -0.912. The van der Waals surface area contributed by atoms with E-state index >= 15 is 0 Å². The SMILES string of the molecule is CCOC(=O)Oc1cnn(C)c1C(=O)Nc1cc2nc(-c3ccccc3)cn2cn1. The van der Waals surface area contributed by atoms with Crippen molar-refractivity contribution in [2.45, 2.75) is 6.92 Å². The maximum Gasteiger partial charge on any atom is 0.513 e. The number of amides is 1. The van der Waals surface area contributed by atoms with E-state index in [9.17, 15) is 9.59 Å². The predicted octanol–water partition coefficient (Wildman–Crippen LogP) is 2.92. The average molecular weight is 406 g/mol. The number of aromatic nitrogens is 5. The van der Waals surface area contributed by atoms with Crippen LogP contribution in [0, 0.1) is 0 Å². The highest BCUT2D eigenvalue weighted by Crippen LogP contribution is 2.21. The lowest BCUT2D eigenvalue weighted by atomic mass is 10.2. The second-order valence-corrected chi connectivity index (χ2v) is 6.25. The number of fused-ring (bicyclic) bond motifs is 1. The third-order valence-electron chi connectivity index (χ3n) is 4.23. The van der Waals surface area contributed by atoms with E-state index < -0.39 is 12.1 Å². The topological polar surface area (TPSA) is 113 Å². The van der Waals surface area contributed by atoms with Gasteiger partial charge in [-0.25, -0.2) is 14.8 Å². The number of carbonyl (C=O) groups excluding carboxylic acids is 2. The van der Waals surface area contributed by atoms with Gasteiger partial charge in [-0.3, -0.25) is 13.9 Å². The largest absolute Gasteiger partial charge is 0.513 e. The number of hydrogen-bond donors (Lipinski definition) is 1. The molecule has 0 aliphatic rings. The van der Waals surface area contributed by atoms with Crippen molar-refractivity contribution in [3.63, 3.8) is 0 Å². The molecule has 0 saturated heterocycles. The number of nitrogens with zero attached hydrogens (tertiary/aromatic N) is 5. The lowest BCUT2D eigenvalue weighted by molar-refractivity contribution is 0.0987. The molecule has 30 heavy (non-hydrogen) atoms. The molecular formula is C20H18N6O4. The molecule has 10 nitrogen and oxygen atoms in total. The number of imidazole rings is 1. The molecule has 0 atom stereocenters. The standard InChI is InChI=1S/C20H18N6O4/c1-3-29-20(28)30-15-10-22-25(2)18(15)19(27)24-16-9-17-23-14(11-26(17)12-21-16)13-7-5-4-6-8-13/h4-12H,3H2,1-2H3,(H,24,27). The van der Waals surface area contributed by atoms with Gasteiger partial charge in [0.05, 0.1) is 18.5 Å². The molecule has 4 rings (SSSR count). The van der Waals surface area contributed by atoms with Crippen molar-refractivity contribution < 1.29 is 19.1 Å². The normalized spacial score (nSPS) is 10.7. The summed E-state index contributed by atoms with van der Waals surface area (Å²) >= 11 is 0. The second-order valence-electron chi connectivity index (χ2n) is 6.25. The van der Waals surface area contributed by atoms with E-state index in [1.165, 1.54) is 10.9 Å². The summed E-state index contributed by atoms with van der Waals surface area (Å²) in [6, 6.07) is 11.4. The van der Waals surface area contributed by atoms with Gasteiger partial charge in [-0.1, -0.05) is 30.3 Å². The molecule has 1 amide bonds. The Labute approximate surface area is 171 Å². The van der Waals surface area contributed by atoms with E-state index in [4.69, 9.17) is 9.47 Å². The van der Waals surface area contributed by atoms with E-state index in [0.29, 0.717) is 11.5 Å². The molecule has 0 aliphatic carbocycles. The van der Waals surface area contributed by atoms with Gasteiger partial charge in [0.15, 0.2) is 11.4 Å². The zero-order chi connectivity index (χ0) is 21.1. The van der Waals surface area contributed by atoms with Crippen molar-refractivity contribution in [3.05, 3.63) is 60.8 Å². The van der Waals surface area contributed by atoms with Crippen molar-refractivity contribution in [2.75, 3.05) is 11.9 Å². The Morgan fingerprint density at radius 2 is 2.00 bits per heavy atom. The van der Waals surface area contributed by atoms with Crippen molar-refractivity contribution in [2.24, 2.45) is 7.05 Å². The van der Waals surface area contributed by atoms with Crippen LogP contribution in [0.2, 0.25) is 0 Å². The van der Waals surface area contributed by atoms with Crippen molar-refractivity contribution in [1.82, 2.24) is 24.1 Å². The van der Waals surface area contributed by atoms with E-state index in [-0.39, 0.29) is 18.1 Å². The smallest absolute Gasteiger partial charge is 0.434 e. The number of hydrogen-bond acceptors (Lipinski definition) is 7. The number of carbonyl (C=O) groups is 2. The molecule has 1 N–H and O–H groups in total. The first-order valence-corrected chi connectivity index (χ1v) is 9.13. The van der Waals surface area contributed by atoms with Crippen LogP contribution in [0.25, 0.3) is 16.9 Å². The lowest BCUT2D eigenvalue weighted by Crippen LogP contribution is -2.19. The van der Waals surface area contributed by atoms with Gasteiger partial charge in [0.2, 0.25) is 0 Å². The summed E-state index contributed by atoms with van der Waals surface area (Å²) in [5.41, 5.74) is 2.44. The Morgan fingerprint density at radius 1 is 1.20 bits per heavy atom. The minimum Gasteiger partial charge on any atom is -0.434 e. The summed E-state index contributed by atoms with van der Waals surface area (Å²) in [5.74, 6) is -0.260. The van der Waals surface area contributed by atoms with E-state index in [0.717, 1.165) is 11.3 Å². The number of ether oxygens (including phenoxy) is 2. The van der Waals surface area contributed by atoms with Crippen LogP contribution in [-0.2, 0) is 11.8 Å². The average Bonchev–Trinajstić information content (AvgIpc) is 3.32. The van der Waals surface area contributed by atoms with Crippen LogP contribution in [0.15, 0.2) is 55.1 Å². The van der Waals surface area contributed by atoms with Crippen LogP contribution >= 0.6 is 0 Å². The molecule has 0 radical (unpaired) electrons. The third kappa shape index (κ3) is 3.83. The summed E-state index contributed by atoms with van der Waals surface area (Å²) in [5, 5.41) is 6.64. The van der Waals surface area contributed by atoms with E-state index in [1.54, 1.807) is 30.8 Å². The summed E-state index contributed by atoms with van der Waals surface area (Å²) in [7, 11) is 1.56. The predicted molar refractivity (Wildman–Crippen MR) is 107 cm³/mol. The van der Waals surface area contributed by atoms with Crippen LogP contribution in [0.3, 0.4) is 0 Å². The molecule has 0 fully saturated rings. The first-order chi connectivity index (χ1) is 14.5. The van der Waals surface area contributed by atoms with Crippen molar-refractivity contribution in [1.29, 1.82) is 0 Å². The summed E-state index contributed by atoms with van der Waals surface area (Å²) < 4.78 is 12.8. The van der Waals surface area contributed by atoms with Crippen LogP contribution in [0.1, 0.15) is 17.4 Å². The molecule has 152 valence electrons. The fourth-order valence-corrected chi connectivity index (χ4v) is 2.87. The van der Waals surface area contributed by atoms with Crippen LogP contribution < -0.4 is 10.1 Å². The van der Waals surface area contributed by atoms with Gasteiger partial charge in [-0.15, -0.1) is 0 Å². The van der Waals surface area contributed by atoms with Crippen molar-refractivity contribution >= 4 is 23.5 Å². The molecule has 3 heterocycles. The summed E-state index contributed by atoms with van der Waals surface area (Å²) in [6.45, 7) is 1.80. The molecule has 0 aliphatic heterocycles. The molecule has 3 aromatic heterocycles. The van der Waals surface area contributed by atoms with Gasteiger partial charge in [0.25, 0.3) is 5.91 Å². The van der Waals surface area contributed by atoms with Crippen LogP contribution in [0.4, 0.5) is 10.6 Å². The monoisotopic (exact) mass is 406 g/mol. The molecular weight excluding hydrogens is 388 g/mol. The number of nitrogens with one attached hydrogen (secondary N) is 1. The molecule has 10 heteroatoms. The number of benzene rings is 1. The molecule has 0 unspecified atom stereocenters. The maximum absolute atomic E-state index is 12.7.